The molecule has 1 amide bonds. The molecule has 2 aromatic carbocycles. The third kappa shape index (κ3) is 3.85. The van der Waals surface area contributed by atoms with Crippen molar-refractivity contribution in [3.8, 4) is 5.69 Å². The van der Waals surface area contributed by atoms with Gasteiger partial charge in [-0.2, -0.15) is 13.2 Å². The number of nitrogen functional groups attached to an aromatic ring is 1. The Morgan fingerprint density at radius 3 is 2.59 bits per heavy atom. The summed E-state index contributed by atoms with van der Waals surface area (Å²) in [6.45, 7) is 0. The van der Waals surface area contributed by atoms with Gasteiger partial charge in [-0.25, -0.2) is 14.4 Å². The lowest BCUT2D eigenvalue weighted by atomic mass is 10.1. The predicted octanol–water partition coefficient (Wildman–Crippen LogP) is 4.83. The van der Waals surface area contributed by atoms with E-state index in [-0.39, 0.29) is 6.42 Å². The molecule has 4 aromatic rings. The van der Waals surface area contributed by atoms with E-state index in [1.165, 1.54) is 6.33 Å². The van der Waals surface area contributed by atoms with Crippen molar-refractivity contribution in [1.82, 2.24) is 14.5 Å². The number of fused-ring (bicyclic) bond motifs is 3. The van der Waals surface area contributed by atoms with Crippen molar-refractivity contribution in [2.75, 3.05) is 11.1 Å². The van der Waals surface area contributed by atoms with Crippen LogP contribution in [0, 0.1) is 5.82 Å². The van der Waals surface area contributed by atoms with Crippen molar-refractivity contribution in [2.24, 2.45) is 0 Å². The highest BCUT2D eigenvalue weighted by atomic mass is 19.4. The van der Waals surface area contributed by atoms with Crippen molar-refractivity contribution in [2.45, 2.75) is 31.9 Å². The monoisotopic (exact) mass is 469 g/mol. The number of aryl methyl sites for hydroxylation is 1. The van der Waals surface area contributed by atoms with Crippen LogP contribution in [0.1, 0.15) is 28.8 Å². The number of hydrogen-bond donors (Lipinski definition) is 2. The van der Waals surface area contributed by atoms with Crippen LogP contribution in [0.15, 0.2) is 48.8 Å². The van der Waals surface area contributed by atoms with Gasteiger partial charge in [-0.05, 0) is 60.7 Å². The molecule has 0 fully saturated rings. The molecule has 0 radical (unpaired) electrons. The molecule has 34 heavy (non-hydrogen) atoms. The zero-order chi connectivity index (χ0) is 24.0. The number of aromatic nitrogens is 3. The highest BCUT2D eigenvalue weighted by molar-refractivity contribution is 5.93. The summed E-state index contributed by atoms with van der Waals surface area (Å²) >= 11 is 0. The lowest BCUT2D eigenvalue weighted by molar-refractivity contribution is -0.137. The molecule has 10 heteroatoms. The maximum Gasteiger partial charge on any atom is 0.416 e. The van der Waals surface area contributed by atoms with E-state index in [1.807, 2.05) is 16.7 Å². The number of alkyl halides is 3. The van der Waals surface area contributed by atoms with E-state index in [9.17, 15) is 22.4 Å². The fourth-order valence-electron chi connectivity index (χ4n) is 4.42. The lowest BCUT2D eigenvalue weighted by Crippen LogP contribution is -2.16. The average Bonchev–Trinajstić information content (AvgIpc) is 3.37. The topological polar surface area (TPSA) is 85.8 Å². The van der Waals surface area contributed by atoms with Crippen LogP contribution in [-0.2, 0) is 30.2 Å². The first-order chi connectivity index (χ1) is 16.2. The summed E-state index contributed by atoms with van der Waals surface area (Å²) in [6.07, 6.45) is -0.492. The van der Waals surface area contributed by atoms with Gasteiger partial charge in [0.05, 0.1) is 23.2 Å². The molecule has 0 saturated heterocycles. The molecule has 5 rings (SSSR count). The van der Waals surface area contributed by atoms with Crippen molar-refractivity contribution in [3.63, 3.8) is 0 Å². The quantitative estimate of drug-likeness (QED) is 0.419. The second-order valence-electron chi connectivity index (χ2n) is 8.15. The number of halogens is 4. The van der Waals surface area contributed by atoms with Crippen LogP contribution >= 0.6 is 0 Å². The smallest absolute Gasteiger partial charge is 0.382 e. The molecule has 0 saturated carbocycles. The lowest BCUT2D eigenvalue weighted by Gasteiger charge is -2.12. The van der Waals surface area contributed by atoms with Crippen molar-refractivity contribution < 1.29 is 22.4 Å². The molecule has 2 aromatic heterocycles. The van der Waals surface area contributed by atoms with Crippen LogP contribution in [0.5, 0.6) is 0 Å². The third-order valence-electron chi connectivity index (χ3n) is 5.95. The first-order valence-electron chi connectivity index (χ1n) is 10.6. The van der Waals surface area contributed by atoms with Crippen LogP contribution in [0.2, 0.25) is 0 Å². The Morgan fingerprint density at radius 1 is 1.09 bits per heavy atom. The number of nitrogens with two attached hydrogens (primary N) is 1. The molecule has 1 aliphatic rings. The number of nitrogens with zero attached hydrogens (tertiary/aromatic N) is 3. The molecular formula is C24H19F4N5O. The summed E-state index contributed by atoms with van der Waals surface area (Å²) < 4.78 is 54.6. The van der Waals surface area contributed by atoms with Crippen LogP contribution in [-0.4, -0.2) is 20.4 Å². The molecule has 3 N–H and O–H groups in total. The Labute approximate surface area is 191 Å². The summed E-state index contributed by atoms with van der Waals surface area (Å²) in [7, 11) is 0. The second kappa shape index (κ2) is 8.12. The molecule has 0 bridgehead atoms. The highest BCUT2D eigenvalue weighted by Gasteiger charge is 2.31. The minimum atomic E-state index is -4.64. The van der Waals surface area contributed by atoms with E-state index < -0.39 is 29.2 Å². The fraction of sp³-hybridized carbons (Fsp3) is 0.208. The predicted molar refractivity (Wildman–Crippen MR) is 119 cm³/mol. The van der Waals surface area contributed by atoms with Gasteiger partial charge >= 0.3 is 6.18 Å². The Bertz CT molecular complexity index is 1410. The number of carbonyl (C=O) groups is 1. The van der Waals surface area contributed by atoms with Gasteiger partial charge in [0.15, 0.2) is 5.82 Å². The van der Waals surface area contributed by atoms with Gasteiger partial charge in [0.25, 0.3) is 0 Å². The van der Waals surface area contributed by atoms with Crippen LogP contribution < -0.4 is 11.1 Å². The maximum absolute atomic E-state index is 13.9. The largest absolute Gasteiger partial charge is 0.416 e. The number of hydrogen-bond acceptors (Lipinski definition) is 4. The Hall–Kier alpha value is -3.95. The van der Waals surface area contributed by atoms with Crippen molar-refractivity contribution in [1.29, 1.82) is 0 Å². The van der Waals surface area contributed by atoms with Crippen LogP contribution in [0.4, 0.5) is 29.1 Å². The summed E-state index contributed by atoms with van der Waals surface area (Å²) in [5.74, 6) is -1.19. The Morgan fingerprint density at radius 2 is 1.85 bits per heavy atom. The minimum absolute atomic E-state index is 0.133. The Balaban J connectivity index is 1.38. The maximum atomic E-state index is 13.9. The van der Waals surface area contributed by atoms with E-state index in [4.69, 9.17) is 5.73 Å². The van der Waals surface area contributed by atoms with Gasteiger partial charge in [0.2, 0.25) is 5.91 Å². The van der Waals surface area contributed by atoms with E-state index in [0.717, 1.165) is 47.2 Å². The zero-order valence-electron chi connectivity index (χ0n) is 17.8. The summed E-state index contributed by atoms with van der Waals surface area (Å²) in [5, 5.41) is 2.23. The fourth-order valence-corrected chi connectivity index (χ4v) is 4.42. The molecule has 0 unspecified atom stereocenters. The van der Waals surface area contributed by atoms with E-state index in [2.05, 4.69) is 15.3 Å². The second-order valence-corrected chi connectivity index (χ2v) is 8.15. The number of carbonyl (C=O) groups excluding carboxylic acids is 1. The number of benzene rings is 2. The van der Waals surface area contributed by atoms with Gasteiger partial charge in [0, 0.05) is 11.4 Å². The number of nitrogens with one attached hydrogen (secondary N) is 1. The van der Waals surface area contributed by atoms with Gasteiger partial charge in [-0.3, -0.25) is 4.79 Å². The van der Waals surface area contributed by atoms with Crippen molar-refractivity contribution in [3.05, 3.63) is 77.0 Å². The molecule has 0 aliphatic heterocycles. The average molecular weight is 469 g/mol. The molecule has 6 nitrogen and oxygen atoms in total. The van der Waals surface area contributed by atoms with Gasteiger partial charge in [0.1, 0.15) is 17.7 Å². The van der Waals surface area contributed by atoms with Crippen LogP contribution in [0.3, 0.4) is 0 Å². The molecule has 0 spiro atoms. The minimum Gasteiger partial charge on any atom is -0.382 e. The van der Waals surface area contributed by atoms with Crippen molar-refractivity contribution >= 4 is 28.4 Å². The molecule has 2 heterocycles. The summed E-state index contributed by atoms with van der Waals surface area (Å²) in [4.78, 5) is 20.9. The third-order valence-corrected chi connectivity index (χ3v) is 5.95. The van der Waals surface area contributed by atoms with E-state index in [0.29, 0.717) is 29.6 Å². The molecule has 0 atom stereocenters. The summed E-state index contributed by atoms with van der Waals surface area (Å²) in [6, 6.07) is 9.04. The van der Waals surface area contributed by atoms with Gasteiger partial charge < -0.3 is 15.6 Å². The first kappa shape index (κ1) is 21.9. The number of anilines is 2. The first-order valence-corrected chi connectivity index (χ1v) is 10.6. The standard InChI is InChI=1S/C24H19F4N5O/c25-17-9-6-14(24(26,27)28)11-18(17)32-20(34)10-13-4-7-15(8-5-13)33-19-3-1-2-16(19)21-22(33)23(29)31-12-30-21/h4-9,11-12H,1-3,10H2,(H,32,34)(H2,29,30,31). The Kier molecular flexibility index (Phi) is 5.22. The molecular weight excluding hydrogens is 450 g/mol. The van der Waals surface area contributed by atoms with Crippen LogP contribution in [0.25, 0.3) is 16.7 Å². The van der Waals surface area contributed by atoms with E-state index in [1.54, 1.807) is 12.1 Å². The number of rotatable bonds is 4. The SMILES string of the molecule is Nc1ncnc2c3c(n(-c4ccc(CC(=O)Nc5cc(C(F)(F)F)ccc5F)cc4)c12)CCC3. The van der Waals surface area contributed by atoms with E-state index >= 15 is 0 Å². The zero-order valence-corrected chi connectivity index (χ0v) is 17.8. The highest BCUT2D eigenvalue weighted by Crippen LogP contribution is 2.36. The molecule has 1 aliphatic carbocycles. The van der Waals surface area contributed by atoms with Gasteiger partial charge in [-0.15, -0.1) is 0 Å². The van der Waals surface area contributed by atoms with Gasteiger partial charge in [-0.1, -0.05) is 12.1 Å². The molecule has 174 valence electrons. The number of amides is 1. The summed E-state index contributed by atoms with van der Waals surface area (Å²) in [5.41, 5.74) is 9.93. The normalized spacial score (nSPS) is 13.3.